The van der Waals surface area contributed by atoms with Gasteiger partial charge in [-0.15, -0.1) is 0 Å². The minimum atomic E-state index is 0.555. The van der Waals surface area contributed by atoms with Gasteiger partial charge in [0.05, 0.1) is 0 Å². The van der Waals surface area contributed by atoms with Gasteiger partial charge in [0, 0.05) is 12.6 Å². The predicted molar refractivity (Wildman–Crippen MR) is 85.1 cm³/mol. The highest BCUT2D eigenvalue weighted by atomic mass is 16.5. The van der Waals surface area contributed by atoms with Crippen molar-refractivity contribution in [2.24, 2.45) is 0 Å². The zero-order valence-electron chi connectivity index (χ0n) is 12.3. The maximum Gasteiger partial charge on any atom is 0.119 e. The quantitative estimate of drug-likeness (QED) is 0.763. The molecule has 1 unspecified atom stereocenters. The van der Waals surface area contributed by atoms with E-state index in [4.69, 9.17) is 4.74 Å². The number of hydrogen-bond acceptors (Lipinski definition) is 2. The van der Waals surface area contributed by atoms with E-state index in [1.165, 1.54) is 11.1 Å². The van der Waals surface area contributed by atoms with Crippen LogP contribution >= 0.6 is 0 Å². The highest BCUT2D eigenvalue weighted by Gasteiger charge is 1.99. The van der Waals surface area contributed by atoms with Crippen LogP contribution in [-0.4, -0.2) is 19.2 Å². The first-order valence-corrected chi connectivity index (χ1v) is 7.31. The van der Waals surface area contributed by atoms with Crippen molar-refractivity contribution in [2.45, 2.75) is 26.3 Å². The fraction of sp³-hybridized carbons (Fsp3) is 0.333. The molecule has 0 heterocycles. The van der Waals surface area contributed by atoms with Crippen LogP contribution in [0.3, 0.4) is 0 Å². The second kappa shape index (κ2) is 7.71. The van der Waals surface area contributed by atoms with Crippen molar-refractivity contribution in [1.29, 1.82) is 0 Å². The first kappa shape index (κ1) is 14.6. The topological polar surface area (TPSA) is 21.3 Å². The molecule has 1 atom stereocenters. The highest BCUT2D eigenvalue weighted by Crippen LogP contribution is 2.21. The average Bonchev–Trinajstić information content (AvgIpc) is 2.52. The summed E-state index contributed by atoms with van der Waals surface area (Å²) < 4.78 is 5.73. The molecule has 0 aliphatic rings. The summed E-state index contributed by atoms with van der Waals surface area (Å²) in [6, 6.07) is 19.2. The Morgan fingerprint density at radius 1 is 0.950 bits per heavy atom. The fourth-order valence-electron chi connectivity index (χ4n) is 1.99. The maximum absolute atomic E-state index is 5.73. The second-order valence-electron chi connectivity index (χ2n) is 5.00. The molecule has 2 aromatic carbocycles. The zero-order valence-corrected chi connectivity index (χ0v) is 12.3. The van der Waals surface area contributed by atoms with Gasteiger partial charge in [-0.1, -0.05) is 49.4 Å². The molecule has 0 fully saturated rings. The van der Waals surface area contributed by atoms with Crippen LogP contribution in [0.5, 0.6) is 5.75 Å². The van der Waals surface area contributed by atoms with Gasteiger partial charge in [-0.2, -0.15) is 0 Å². The number of ether oxygens (including phenoxy) is 1. The van der Waals surface area contributed by atoms with Gasteiger partial charge in [-0.05, 0) is 36.6 Å². The summed E-state index contributed by atoms with van der Waals surface area (Å²) in [4.78, 5) is 0. The van der Waals surface area contributed by atoms with E-state index >= 15 is 0 Å². The molecule has 0 saturated heterocycles. The van der Waals surface area contributed by atoms with Crippen LogP contribution < -0.4 is 10.1 Å². The number of rotatable bonds is 7. The summed E-state index contributed by atoms with van der Waals surface area (Å²) in [5.41, 5.74) is 2.45. The normalized spacial score (nSPS) is 12.1. The van der Waals surface area contributed by atoms with Gasteiger partial charge < -0.3 is 10.1 Å². The Balaban J connectivity index is 1.83. The minimum Gasteiger partial charge on any atom is -0.492 e. The van der Waals surface area contributed by atoms with Crippen molar-refractivity contribution in [3.8, 4) is 16.9 Å². The number of hydrogen-bond donors (Lipinski definition) is 1. The van der Waals surface area contributed by atoms with Gasteiger partial charge >= 0.3 is 0 Å². The van der Waals surface area contributed by atoms with Gasteiger partial charge in [0.2, 0.25) is 0 Å². The van der Waals surface area contributed by atoms with Gasteiger partial charge in [0.15, 0.2) is 0 Å². The second-order valence-corrected chi connectivity index (χ2v) is 5.00. The molecule has 2 aromatic rings. The number of benzene rings is 2. The van der Waals surface area contributed by atoms with Crippen molar-refractivity contribution in [2.75, 3.05) is 13.2 Å². The first-order chi connectivity index (χ1) is 9.79. The maximum atomic E-state index is 5.73. The van der Waals surface area contributed by atoms with E-state index in [0.29, 0.717) is 12.6 Å². The lowest BCUT2D eigenvalue weighted by Gasteiger charge is -2.12. The van der Waals surface area contributed by atoms with E-state index < -0.39 is 0 Å². The largest absolute Gasteiger partial charge is 0.492 e. The Morgan fingerprint density at radius 2 is 1.60 bits per heavy atom. The molecule has 0 radical (unpaired) electrons. The van der Waals surface area contributed by atoms with Crippen molar-refractivity contribution in [3.05, 3.63) is 54.6 Å². The molecule has 2 rings (SSSR count). The summed E-state index contributed by atoms with van der Waals surface area (Å²) in [5.74, 6) is 0.927. The molecule has 0 amide bonds. The molecule has 0 saturated carbocycles. The monoisotopic (exact) mass is 269 g/mol. The summed E-state index contributed by atoms with van der Waals surface area (Å²) in [6.07, 6.45) is 1.14. The Bertz CT molecular complexity index is 493. The van der Waals surface area contributed by atoms with Crippen molar-refractivity contribution in [3.63, 3.8) is 0 Å². The van der Waals surface area contributed by atoms with Crippen LogP contribution in [-0.2, 0) is 0 Å². The van der Waals surface area contributed by atoms with Gasteiger partial charge in [-0.3, -0.25) is 0 Å². The third-order valence-electron chi connectivity index (χ3n) is 3.44. The molecule has 2 nitrogen and oxygen atoms in total. The average molecular weight is 269 g/mol. The van der Waals surface area contributed by atoms with E-state index in [1.807, 2.05) is 18.2 Å². The molecule has 0 aromatic heterocycles. The smallest absolute Gasteiger partial charge is 0.119 e. The van der Waals surface area contributed by atoms with Crippen LogP contribution in [0, 0.1) is 0 Å². The SMILES string of the molecule is CCC(C)NCCOc1ccc(-c2ccccc2)cc1. The molecule has 106 valence electrons. The van der Waals surface area contributed by atoms with Crippen molar-refractivity contribution < 1.29 is 4.74 Å². The molecule has 20 heavy (non-hydrogen) atoms. The Labute approximate surface area is 121 Å². The van der Waals surface area contributed by atoms with E-state index in [-0.39, 0.29) is 0 Å². The van der Waals surface area contributed by atoms with Crippen LogP contribution in [0.15, 0.2) is 54.6 Å². The van der Waals surface area contributed by atoms with Crippen molar-refractivity contribution >= 4 is 0 Å². The predicted octanol–water partition coefficient (Wildman–Crippen LogP) is 4.12. The molecule has 0 aliphatic carbocycles. The van der Waals surface area contributed by atoms with Gasteiger partial charge in [0.25, 0.3) is 0 Å². The molecule has 0 spiro atoms. The lowest BCUT2D eigenvalue weighted by Crippen LogP contribution is -2.29. The van der Waals surface area contributed by atoms with E-state index in [0.717, 1.165) is 18.7 Å². The molecule has 0 aliphatic heterocycles. The minimum absolute atomic E-state index is 0.555. The van der Waals surface area contributed by atoms with E-state index in [9.17, 15) is 0 Å². The summed E-state index contributed by atoms with van der Waals surface area (Å²) in [5, 5.41) is 3.41. The van der Waals surface area contributed by atoms with E-state index in [2.05, 4.69) is 55.6 Å². The Kier molecular flexibility index (Phi) is 5.63. The highest BCUT2D eigenvalue weighted by molar-refractivity contribution is 5.63. The summed E-state index contributed by atoms with van der Waals surface area (Å²) >= 11 is 0. The Morgan fingerprint density at radius 3 is 2.25 bits per heavy atom. The standard InChI is InChI=1S/C18H23NO/c1-3-15(2)19-13-14-20-18-11-9-17(10-12-18)16-7-5-4-6-8-16/h4-12,15,19H,3,13-14H2,1-2H3. The van der Waals surface area contributed by atoms with Crippen LogP contribution in [0.2, 0.25) is 0 Å². The summed E-state index contributed by atoms with van der Waals surface area (Å²) in [7, 11) is 0. The molecule has 2 heteroatoms. The number of nitrogens with one attached hydrogen (secondary N) is 1. The molecule has 1 N–H and O–H groups in total. The molecular weight excluding hydrogens is 246 g/mol. The fourth-order valence-corrected chi connectivity index (χ4v) is 1.99. The lowest BCUT2D eigenvalue weighted by molar-refractivity contribution is 0.306. The van der Waals surface area contributed by atoms with E-state index in [1.54, 1.807) is 0 Å². The third-order valence-corrected chi connectivity index (χ3v) is 3.44. The van der Waals surface area contributed by atoms with Crippen LogP contribution in [0.25, 0.3) is 11.1 Å². The first-order valence-electron chi connectivity index (χ1n) is 7.31. The lowest BCUT2D eigenvalue weighted by atomic mass is 10.1. The van der Waals surface area contributed by atoms with Crippen LogP contribution in [0.1, 0.15) is 20.3 Å². The zero-order chi connectivity index (χ0) is 14.2. The van der Waals surface area contributed by atoms with Crippen molar-refractivity contribution in [1.82, 2.24) is 5.32 Å². The van der Waals surface area contributed by atoms with Gasteiger partial charge in [0.1, 0.15) is 12.4 Å². The third kappa shape index (κ3) is 4.39. The van der Waals surface area contributed by atoms with Gasteiger partial charge in [-0.25, -0.2) is 0 Å². The summed E-state index contributed by atoms with van der Waals surface area (Å²) in [6.45, 7) is 5.96. The molecule has 0 bridgehead atoms. The van der Waals surface area contributed by atoms with Crippen LogP contribution in [0.4, 0.5) is 0 Å². The molecular formula is C18H23NO. The Hall–Kier alpha value is -1.80.